The second-order valence-corrected chi connectivity index (χ2v) is 7.59. The molecule has 0 amide bonds. The molecule has 0 fully saturated rings. The van der Waals surface area contributed by atoms with E-state index in [1.54, 1.807) is 12.3 Å². The van der Waals surface area contributed by atoms with E-state index >= 15 is 0 Å². The van der Waals surface area contributed by atoms with Gasteiger partial charge in [-0.05, 0) is 34.1 Å². The number of benzene rings is 1. The highest BCUT2D eigenvalue weighted by Crippen LogP contribution is 2.38. The van der Waals surface area contributed by atoms with E-state index < -0.39 is 4.92 Å². The monoisotopic (exact) mass is 446 g/mol. The number of halogens is 1. The molecule has 3 aromatic heterocycles. The van der Waals surface area contributed by atoms with Crippen molar-refractivity contribution in [3.05, 3.63) is 59.4 Å². The Balaban J connectivity index is 1.77. The van der Waals surface area contributed by atoms with Gasteiger partial charge < -0.3 is 9.47 Å². The van der Waals surface area contributed by atoms with E-state index in [-0.39, 0.29) is 23.6 Å². The molecular formula is C16H7BrN4O5S. The zero-order chi connectivity index (χ0) is 18.7. The Labute approximate surface area is 161 Å². The lowest BCUT2D eigenvalue weighted by Crippen LogP contribution is -2.23. The van der Waals surface area contributed by atoms with Gasteiger partial charge in [-0.15, -0.1) is 0 Å². The average Bonchev–Trinajstić information content (AvgIpc) is 3.29. The number of hydrogen-bond acceptors (Lipinski definition) is 8. The Bertz CT molecular complexity index is 1380. The molecule has 0 saturated carbocycles. The predicted octanol–water partition coefficient (Wildman–Crippen LogP) is 2.25. The van der Waals surface area contributed by atoms with Gasteiger partial charge in [0, 0.05) is 10.7 Å². The third-order valence-corrected chi connectivity index (χ3v) is 5.46. The van der Waals surface area contributed by atoms with Crippen molar-refractivity contribution in [2.24, 2.45) is 0 Å². The number of nitro benzene ring substituents is 1. The van der Waals surface area contributed by atoms with E-state index in [9.17, 15) is 14.9 Å². The summed E-state index contributed by atoms with van der Waals surface area (Å²) >= 11 is 4.46. The van der Waals surface area contributed by atoms with Crippen molar-refractivity contribution in [3.8, 4) is 11.5 Å². The maximum atomic E-state index is 12.8. The molecule has 134 valence electrons. The van der Waals surface area contributed by atoms with Gasteiger partial charge in [0.2, 0.25) is 6.79 Å². The number of aromatic nitrogens is 3. The van der Waals surface area contributed by atoms with Crippen LogP contribution < -0.4 is 19.6 Å². The van der Waals surface area contributed by atoms with Crippen molar-refractivity contribution < 1.29 is 14.4 Å². The SMILES string of the molecule is O=c1/c(=C\c2cc3c(cc2[N+](=O)[O-])OCO3)sc2nc3cc(Br)cnc3n12. The summed E-state index contributed by atoms with van der Waals surface area (Å²) in [5.74, 6) is 0.709. The lowest BCUT2D eigenvalue weighted by molar-refractivity contribution is -0.385. The Morgan fingerprint density at radius 3 is 2.85 bits per heavy atom. The maximum Gasteiger partial charge on any atom is 0.280 e. The van der Waals surface area contributed by atoms with Gasteiger partial charge in [0.25, 0.3) is 11.2 Å². The van der Waals surface area contributed by atoms with Crippen LogP contribution >= 0.6 is 27.3 Å². The van der Waals surface area contributed by atoms with E-state index in [1.165, 1.54) is 22.6 Å². The number of fused-ring (bicyclic) bond motifs is 4. The first-order valence-electron chi connectivity index (χ1n) is 7.57. The Kier molecular flexibility index (Phi) is 3.42. The highest BCUT2D eigenvalue weighted by molar-refractivity contribution is 9.10. The summed E-state index contributed by atoms with van der Waals surface area (Å²) in [7, 11) is 0. The van der Waals surface area contributed by atoms with Crippen LogP contribution in [0.15, 0.2) is 33.7 Å². The molecule has 0 spiro atoms. The second-order valence-electron chi connectivity index (χ2n) is 5.66. The molecule has 11 heteroatoms. The molecule has 0 atom stereocenters. The fourth-order valence-electron chi connectivity index (χ4n) is 2.88. The molecule has 1 aromatic carbocycles. The molecule has 0 radical (unpaired) electrons. The quantitative estimate of drug-likeness (QED) is 0.343. The van der Waals surface area contributed by atoms with Crippen molar-refractivity contribution in [2.45, 2.75) is 0 Å². The molecule has 0 aliphatic carbocycles. The average molecular weight is 447 g/mol. The van der Waals surface area contributed by atoms with Gasteiger partial charge in [0.15, 0.2) is 22.1 Å². The summed E-state index contributed by atoms with van der Waals surface area (Å²) in [5.41, 5.74) is 0.782. The highest BCUT2D eigenvalue weighted by Gasteiger charge is 2.23. The number of nitro groups is 1. The van der Waals surface area contributed by atoms with E-state index in [1.807, 2.05) is 0 Å². The van der Waals surface area contributed by atoms with Gasteiger partial charge in [0.05, 0.1) is 21.1 Å². The van der Waals surface area contributed by atoms with Crippen LogP contribution in [0.4, 0.5) is 5.69 Å². The Morgan fingerprint density at radius 2 is 2.07 bits per heavy atom. The van der Waals surface area contributed by atoms with Crippen molar-refractivity contribution >= 4 is 55.2 Å². The fraction of sp³-hybridized carbons (Fsp3) is 0.0625. The summed E-state index contributed by atoms with van der Waals surface area (Å²) < 4.78 is 12.9. The number of thiazole rings is 1. The first-order valence-corrected chi connectivity index (χ1v) is 9.18. The molecule has 0 bridgehead atoms. The summed E-state index contributed by atoms with van der Waals surface area (Å²) in [6, 6.07) is 4.56. The normalized spacial score (nSPS) is 13.7. The van der Waals surface area contributed by atoms with Crippen LogP contribution in [0.3, 0.4) is 0 Å². The van der Waals surface area contributed by atoms with Gasteiger partial charge in [-0.1, -0.05) is 11.3 Å². The lowest BCUT2D eigenvalue weighted by atomic mass is 10.1. The molecule has 5 rings (SSSR count). The Hall–Kier alpha value is -3.05. The topological polar surface area (TPSA) is 109 Å². The first-order chi connectivity index (χ1) is 13.0. The third kappa shape index (κ3) is 2.46. The highest BCUT2D eigenvalue weighted by atomic mass is 79.9. The van der Waals surface area contributed by atoms with Crippen LogP contribution in [0.5, 0.6) is 11.5 Å². The van der Waals surface area contributed by atoms with E-state index in [0.717, 1.165) is 15.8 Å². The van der Waals surface area contributed by atoms with Gasteiger partial charge in [0.1, 0.15) is 5.52 Å². The molecular weight excluding hydrogens is 440 g/mol. The summed E-state index contributed by atoms with van der Waals surface area (Å²) in [6.45, 7) is 0.00277. The molecule has 4 heterocycles. The molecule has 0 N–H and O–H groups in total. The van der Waals surface area contributed by atoms with Gasteiger partial charge in [-0.3, -0.25) is 14.9 Å². The van der Waals surface area contributed by atoms with Crippen molar-refractivity contribution in [3.63, 3.8) is 0 Å². The van der Waals surface area contributed by atoms with Gasteiger partial charge in [-0.2, -0.15) is 0 Å². The van der Waals surface area contributed by atoms with Crippen molar-refractivity contribution in [2.75, 3.05) is 6.79 Å². The van der Waals surface area contributed by atoms with Gasteiger partial charge in [-0.25, -0.2) is 14.4 Å². The molecule has 4 aromatic rings. The molecule has 9 nitrogen and oxygen atoms in total. The van der Waals surface area contributed by atoms with Crippen LogP contribution in [-0.4, -0.2) is 26.1 Å². The van der Waals surface area contributed by atoms with Crippen molar-refractivity contribution in [1.82, 2.24) is 14.4 Å². The van der Waals surface area contributed by atoms with Crippen LogP contribution in [0.25, 0.3) is 22.2 Å². The lowest BCUT2D eigenvalue weighted by Gasteiger charge is -2.00. The van der Waals surface area contributed by atoms with Crippen LogP contribution in [0.1, 0.15) is 5.56 Å². The standard InChI is InChI=1S/C16H7BrN4O5S/c17-8-3-9-14(18-5-8)20-15(22)13(27-16(20)19-9)2-7-1-11-12(26-6-25-11)4-10(7)21(23)24/h1-5H,6H2/b13-2+. The number of hydrogen-bond donors (Lipinski definition) is 0. The largest absolute Gasteiger partial charge is 0.454 e. The second kappa shape index (κ2) is 5.72. The minimum Gasteiger partial charge on any atom is -0.454 e. The smallest absolute Gasteiger partial charge is 0.280 e. The Morgan fingerprint density at radius 1 is 1.30 bits per heavy atom. The zero-order valence-electron chi connectivity index (χ0n) is 13.2. The predicted molar refractivity (Wildman–Crippen MR) is 100 cm³/mol. The molecule has 27 heavy (non-hydrogen) atoms. The maximum absolute atomic E-state index is 12.8. The summed E-state index contributed by atoms with van der Waals surface area (Å²) in [4.78, 5) is 32.8. The van der Waals surface area contributed by atoms with E-state index in [0.29, 0.717) is 32.2 Å². The first kappa shape index (κ1) is 16.1. The number of rotatable bonds is 2. The van der Waals surface area contributed by atoms with Crippen molar-refractivity contribution in [1.29, 1.82) is 0 Å². The fourth-order valence-corrected chi connectivity index (χ4v) is 4.16. The van der Waals surface area contributed by atoms with E-state index in [2.05, 4.69) is 25.9 Å². The number of imidazole rings is 1. The summed E-state index contributed by atoms with van der Waals surface area (Å²) in [5, 5.41) is 11.4. The summed E-state index contributed by atoms with van der Waals surface area (Å²) in [6.07, 6.45) is 3.05. The molecule has 0 saturated heterocycles. The minimum absolute atomic E-state index is 0.00277. The zero-order valence-corrected chi connectivity index (χ0v) is 15.6. The minimum atomic E-state index is -0.522. The molecule has 1 aliphatic rings. The third-order valence-electron chi connectivity index (χ3n) is 4.05. The van der Waals surface area contributed by atoms with Crippen LogP contribution in [0, 0.1) is 10.1 Å². The molecule has 0 unspecified atom stereocenters. The number of nitrogens with zero attached hydrogens (tertiary/aromatic N) is 4. The van der Waals surface area contributed by atoms with E-state index in [4.69, 9.17) is 9.47 Å². The number of pyridine rings is 1. The number of ether oxygens (including phenoxy) is 2. The molecule has 1 aliphatic heterocycles. The van der Waals surface area contributed by atoms with Gasteiger partial charge >= 0.3 is 0 Å². The van der Waals surface area contributed by atoms with Crippen LogP contribution in [-0.2, 0) is 0 Å². The van der Waals surface area contributed by atoms with Crippen LogP contribution in [0.2, 0.25) is 0 Å².